The van der Waals surface area contributed by atoms with Crippen LogP contribution >= 0.6 is 0 Å². The van der Waals surface area contributed by atoms with Crippen molar-refractivity contribution in [3.05, 3.63) is 29.8 Å². The Labute approximate surface area is 126 Å². The number of urea groups is 1. The van der Waals surface area contributed by atoms with Gasteiger partial charge in [-0.15, -0.1) is 0 Å². The van der Waals surface area contributed by atoms with E-state index in [0.717, 1.165) is 38.1 Å². The second-order valence-corrected chi connectivity index (χ2v) is 5.50. The Morgan fingerprint density at radius 1 is 1.38 bits per heavy atom. The zero-order chi connectivity index (χ0) is 15.2. The second-order valence-electron chi connectivity index (χ2n) is 5.50. The first kappa shape index (κ1) is 15.6. The van der Waals surface area contributed by atoms with Gasteiger partial charge in [0.05, 0.1) is 7.11 Å². The first-order valence-corrected chi connectivity index (χ1v) is 7.58. The molecule has 1 aromatic rings. The molecule has 1 saturated heterocycles. The van der Waals surface area contributed by atoms with E-state index >= 15 is 0 Å². The van der Waals surface area contributed by atoms with Crippen LogP contribution in [0.3, 0.4) is 0 Å². The minimum Gasteiger partial charge on any atom is -0.497 e. The van der Waals surface area contributed by atoms with E-state index in [9.17, 15) is 4.79 Å². The van der Waals surface area contributed by atoms with Crippen LogP contribution in [0.15, 0.2) is 24.3 Å². The van der Waals surface area contributed by atoms with E-state index in [2.05, 4.69) is 24.4 Å². The van der Waals surface area contributed by atoms with E-state index in [4.69, 9.17) is 10.5 Å². The number of hydrogen-bond donors (Lipinski definition) is 2. The molecule has 0 saturated carbocycles. The number of hydrogen-bond acceptors (Lipinski definition) is 3. The lowest BCUT2D eigenvalue weighted by molar-refractivity contribution is 0.182. The molecule has 1 aliphatic rings. The van der Waals surface area contributed by atoms with Gasteiger partial charge >= 0.3 is 6.03 Å². The number of carbonyl (C=O) groups is 1. The summed E-state index contributed by atoms with van der Waals surface area (Å²) in [5.74, 6) is 0.878. The first-order chi connectivity index (χ1) is 10.1. The fourth-order valence-corrected chi connectivity index (χ4v) is 2.84. The minimum absolute atomic E-state index is 0.310. The zero-order valence-corrected chi connectivity index (χ0v) is 12.8. The molecule has 1 heterocycles. The molecule has 0 radical (unpaired) electrons. The van der Waals surface area contributed by atoms with Crippen LogP contribution in [0.25, 0.3) is 0 Å². The summed E-state index contributed by atoms with van der Waals surface area (Å²) in [4.78, 5) is 12.9. The molecule has 5 nitrogen and oxygen atoms in total. The van der Waals surface area contributed by atoms with Crippen molar-refractivity contribution in [2.45, 2.75) is 38.3 Å². The predicted octanol–water partition coefficient (Wildman–Crippen LogP) is 2.28. The highest BCUT2D eigenvalue weighted by molar-refractivity contribution is 5.72. The monoisotopic (exact) mass is 291 g/mol. The molecule has 21 heavy (non-hydrogen) atoms. The lowest BCUT2D eigenvalue weighted by atomic mass is 9.99. The number of methoxy groups -OCH3 is 1. The number of nitrogens with two attached hydrogens (primary N) is 1. The Morgan fingerprint density at radius 2 is 2.00 bits per heavy atom. The number of ether oxygens (including phenoxy) is 1. The molecule has 0 aromatic heterocycles. The smallest absolute Gasteiger partial charge is 0.314 e. The van der Waals surface area contributed by atoms with Crippen LogP contribution in [0.1, 0.15) is 37.8 Å². The average molecular weight is 291 g/mol. The Bertz CT molecular complexity index is 453. The maximum absolute atomic E-state index is 11.1. The zero-order valence-electron chi connectivity index (χ0n) is 12.8. The van der Waals surface area contributed by atoms with Gasteiger partial charge in [-0.2, -0.15) is 0 Å². The number of carbonyl (C=O) groups excluding carboxylic acids is 1. The van der Waals surface area contributed by atoms with E-state index in [0.29, 0.717) is 12.1 Å². The molecule has 1 unspecified atom stereocenters. The largest absolute Gasteiger partial charge is 0.497 e. The molecule has 116 valence electrons. The average Bonchev–Trinajstić information content (AvgIpc) is 2.53. The van der Waals surface area contributed by atoms with Gasteiger partial charge in [-0.05, 0) is 37.0 Å². The highest BCUT2D eigenvalue weighted by Crippen LogP contribution is 2.22. The predicted molar refractivity (Wildman–Crippen MR) is 83.3 cm³/mol. The van der Waals surface area contributed by atoms with Crippen molar-refractivity contribution in [3.8, 4) is 5.75 Å². The van der Waals surface area contributed by atoms with E-state index in [-0.39, 0.29) is 6.03 Å². The molecule has 0 spiro atoms. The summed E-state index contributed by atoms with van der Waals surface area (Å²) < 4.78 is 5.20. The SMILES string of the molecule is CCC(NC1CCN(C(N)=O)CC1)c1ccc(OC)cc1. The third kappa shape index (κ3) is 4.11. The number of primary amides is 1. The Hall–Kier alpha value is -1.75. The van der Waals surface area contributed by atoms with Gasteiger partial charge in [0, 0.05) is 25.2 Å². The Balaban J connectivity index is 1.91. The summed E-state index contributed by atoms with van der Waals surface area (Å²) in [6, 6.07) is 8.67. The van der Waals surface area contributed by atoms with E-state index < -0.39 is 0 Å². The number of rotatable bonds is 5. The maximum atomic E-state index is 11.1. The van der Waals surface area contributed by atoms with Gasteiger partial charge in [0.15, 0.2) is 0 Å². The van der Waals surface area contributed by atoms with Crippen molar-refractivity contribution < 1.29 is 9.53 Å². The molecule has 1 fully saturated rings. The summed E-state index contributed by atoms with van der Waals surface area (Å²) in [6.07, 6.45) is 2.94. The van der Waals surface area contributed by atoms with Gasteiger partial charge in [-0.25, -0.2) is 4.79 Å². The summed E-state index contributed by atoms with van der Waals surface area (Å²) >= 11 is 0. The molecule has 1 atom stereocenters. The highest BCUT2D eigenvalue weighted by atomic mass is 16.5. The van der Waals surface area contributed by atoms with Gasteiger partial charge in [-0.1, -0.05) is 19.1 Å². The first-order valence-electron chi connectivity index (χ1n) is 7.58. The summed E-state index contributed by atoms with van der Waals surface area (Å²) in [7, 11) is 1.68. The van der Waals surface area contributed by atoms with Gasteiger partial charge < -0.3 is 20.7 Å². The Morgan fingerprint density at radius 3 is 2.48 bits per heavy atom. The van der Waals surface area contributed by atoms with Gasteiger partial charge in [0.2, 0.25) is 0 Å². The van der Waals surface area contributed by atoms with E-state index in [1.165, 1.54) is 5.56 Å². The highest BCUT2D eigenvalue weighted by Gasteiger charge is 2.23. The minimum atomic E-state index is -0.310. The summed E-state index contributed by atoms with van der Waals surface area (Å²) in [5.41, 5.74) is 6.59. The van der Waals surface area contributed by atoms with Crippen molar-refractivity contribution >= 4 is 6.03 Å². The third-order valence-corrected chi connectivity index (χ3v) is 4.17. The van der Waals surface area contributed by atoms with Crippen LogP contribution < -0.4 is 15.8 Å². The number of nitrogens with zero attached hydrogens (tertiary/aromatic N) is 1. The molecule has 1 aromatic carbocycles. The lowest BCUT2D eigenvalue weighted by Gasteiger charge is -2.33. The van der Waals surface area contributed by atoms with E-state index in [1.54, 1.807) is 12.0 Å². The summed E-state index contributed by atoms with van der Waals surface area (Å²) in [6.45, 7) is 3.67. The number of likely N-dealkylation sites (tertiary alicyclic amines) is 1. The van der Waals surface area contributed by atoms with E-state index in [1.807, 2.05) is 12.1 Å². The third-order valence-electron chi connectivity index (χ3n) is 4.17. The van der Waals surface area contributed by atoms with Gasteiger partial charge in [0.1, 0.15) is 5.75 Å². The van der Waals surface area contributed by atoms with Crippen LogP contribution in [-0.2, 0) is 0 Å². The molecule has 2 rings (SSSR count). The van der Waals surface area contributed by atoms with Crippen molar-refractivity contribution in [1.29, 1.82) is 0 Å². The van der Waals surface area contributed by atoms with Crippen molar-refractivity contribution in [2.75, 3.05) is 20.2 Å². The number of nitrogens with one attached hydrogen (secondary N) is 1. The van der Waals surface area contributed by atoms with Crippen molar-refractivity contribution in [3.63, 3.8) is 0 Å². The van der Waals surface area contributed by atoms with Crippen LogP contribution in [0, 0.1) is 0 Å². The Kier molecular flexibility index (Phi) is 5.44. The van der Waals surface area contributed by atoms with Gasteiger partial charge in [0.25, 0.3) is 0 Å². The number of piperidine rings is 1. The number of amides is 2. The van der Waals surface area contributed by atoms with Crippen LogP contribution in [0.5, 0.6) is 5.75 Å². The molecular weight excluding hydrogens is 266 g/mol. The topological polar surface area (TPSA) is 67.6 Å². The molecule has 3 N–H and O–H groups in total. The molecule has 1 aliphatic heterocycles. The fourth-order valence-electron chi connectivity index (χ4n) is 2.84. The van der Waals surface area contributed by atoms with Crippen LogP contribution in [0.4, 0.5) is 4.79 Å². The van der Waals surface area contributed by atoms with Crippen LogP contribution in [-0.4, -0.2) is 37.2 Å². The van der Waals surface area contributed by atoms with Crippen LogP contribution in [0.2, 0.25) is 0 Å². The van der Waals surface area contributed by atoms with Gasteiger partial charge in [-0.3, -0.25) is 0 Å². The molecule has 0 bridgehead atoms. The molecule has 5 heteroatoms. The normalized spacial score (nSPS) is 17.5. The summed E-state index contributed by atoms with van der Waals surface area (Å²) in [5, 5.41) is 3.70. The lowest BCUT2D eigenvalue weighted by Crippen LogP contribution is -2.47. The number of benzene rings is 1. The quantitative estimate of drug-likeness (QED) is 0.874. The molecule has 2 amide bonds. The molecule has 0 aliphatic carbocycles. The van der Waals surface area contributed by atoms with Crippen molar-refractivity contribution in [1.82, 2.24) is 10.2 Å². The fraction of sp³-hybridized carbons (Fsp3) is 0.562. The maximum Gasteiger partial charge on any atom is 0.314 e. The van der Waals surface area contributed by atoms with Crippen molar-refractivity contribution in [2.24, 2.45) is 5.73 Å². The second kappa shape index (κ2) is 7.31. The molecular formula is C16H25N3O2. The standard InChI is InChI=1S/C16H25N3O2/c1-3-15(12-4-6-14(21-2)7-5-12)18-13-8-10-19(11-9-13)16(17)20/h4-7,13,15,18H,3,8-11H2,1-2H3,(H2,17,20).